The Kier molecular flexibility index (Phi) is 6.31. The summed E-state index contributed by atoms with van der Waals surface area (Å²) in [6, 6.07) is 3.92. The van der Waals surface area contributed by atoms with Crippen molar-refractivity contribution >= 4 is 29.3 Å². The molecule has 4 rings (SSSR count). The van der Waals surface area contributed by atoms with E-state index in [0.29, 0.717) is 18.5 Å². The van der Waals surface area contributed by atoms with E-state index in [-0.39, 0.29) is 5.91 Å². The molecule has 0 bridgehead atoms. The number of H-pyrrole nitrogens is 1. The molecule has 31 heavy (non-hydrogen) atoms. The molecule has 1 unspecified atom stereocenters. The van der Waals surface area contributed by atoms with Crippen molar-refractivity contribution in [3.8, 4) is 11.4 Å². The van der Waals surface area contributed by atoms with E-state index >= 15 is 0 Å². The maximum absolute atomic E-state index is 13.3. The first-order valence-corrected chi connectivity index (χ1v) is 11.1. The first-order valence-electron chi connectivity index (χ1n) is 9.84. The third-order valence-corrected chi connectivity index (χ3v) is 6.37. The lowest BCUT2D eigenvalue weighted by molar-refractivity contribution is 0.0957. The third-order valence-electron chi connectivity index (χ3n) is 5.00. The van der Waals surface area contributed by atoms with Gasteiger partial charge in [0.15, 0.2) is 0 Å². The van der Waals surface area contributed by atoms with Gasteiger partial charge in [-0.2, -0.15) is 5.10 Å². The number of amides is 1. The highest BCUT2D eigenvalue weighted by molar-refractivity contribution is 8.03. The lowest BCUT2D eigenvalue weighted by Crippen LogP contribution is -2.26. The number of allylic oxidation sites excluding steroid dienone is 4. The number of nitrogens with one attached hydrogen (secondary N) is 2. The zero-order valence-electron chi connectivity index (χ0n) is 17.2. The van der Waals surface area contributed by atoms with E-state index in [9.17, 15) is 4.79 Å². The number of hydrogen-bond donors (Lipinski definition) is 3. The van der Waals surface area contributed by atoms with Crippen LogP contribution < -0.4 is 11.1 Å². The molecule has 1 atom stereocenters. The second-order valence-electron chi connectivity index (χ2n) is 7.18. The van der Waals surface area contributed by atoms with Crippen molar-refractivity contribution in [1.82, 2.24) is 25.1 Å². The molecule has 0 aromatic carbocycles. The number of nitrogens with zero attached hydrogens (tertiary/aromatic N) is 3. The van der Waals surface area contributed by atoms with Crippen molar-refractivity contribution in [2.75, 3.05) is 0 Å². The maximum Gasteiger partial charge on any atom is 0.275 e. The van der Waals surface area contributed by atoms with Crippen molar-refractivity contribution in [2.45, 2.75) is 30.2 Å². The van der Waals surface area contributed by atoms with Gasteiger partial charge in [0.25, 0.3) is 5.91 Å². The van der Waals surface area contributed by atoms with E-state index in [2.05, 4.69) is 20.5 Å². The highest BCUT2D eigenvalue weighted by Gasteiger charge is 2.26. The molecule has 160 valence electrons. The van der Waals surface area contributed by atoms with E-state index in [1.165, 1.54) is 11.8 Å². The van der Waals surface area contributed by atoms with Crippen LogP contribution in [0.2, 0.25) is 0 Å². The number of fused-ring (bicyclic) bond motifs is 2. The molecule has 1 amide bonds. The summed E-state index contributed by atoms with van der Waals surface area (Å²) in [4.78, 5) is 19.7. The number of pyridine rings is 1. The second-order valence-corrected chi connectivity index (χ2v) is 8.77. The van der Waals surface area contributed by atoms with Gasteiger partial charge in [-0.1, -0.05) is 30.0 Å². The van der Waals surface area contributed by atoms with Crippen LogP contribution >= 0.6 is 23.4 Å². The van der Waals surface area contributed by atoms with Gasteiger partial charge in [-0.15, -0.1) is 11.6 Å². The first kappa shape index (κ1) is 21.4. The molecular formula is C22H23ClN6OS. The van der Waals surface area contributed by atoms with Gasteiger partial charge in [0.1, 0.15) is 11.5 Å². The van der Waals surface area contributed by atoms with Gasteiger partial charge >= 0.3 is 0 Å². The molecule has 1 aromatic rings. The number of carbonyl (C=O) groups is 1. The van der Waals surface area contributed by atoms with E-state index in [4.69, 9.17) is 17.3 Å². The van der Waals surface area contributed by atoms with Crippen molar-refractivity contribution in [3.05, 3.63) is 76.4 Å². The molecule has 0 radical (unpaired) electrons. The number of hydrogen-bond acceptors (Lipinski definition) is 5. The Morgan fingerprint density at radius 3 is 3.10 bits per heavy atom. The van der Waals surface area contributed by atoms with Crippen LogP contribution in [0.15, 0.2) is 64.3 Å². The monoisotopic (exact) mass is 454 g/mol. The fourth-order valence-corrected chi connectivity index (χ4v) is 4.50. The van der Waals surface area contributed by atoms with Crippen LogP contribution in [0.4, 0.5) is 0 Å². The van der Waals surface area contributed by atoms with E-state index in [1.54, 1.807) is 12.3 Å². The van der Waals surface area contributed by atoms with Crippen molar-refractivity contribution in [1.29, 1.82) is 0 Å². The van der Waals surface area contributed by atoms with Gasteiger partial charge in [0, 0.05) is 47.9 Å². The predicted molar refractivity (Wildman–Crippen MR) is 124 cm³/mol. The molecule has 0 fully saturated rings. The van der Waals surface area contributed by atoms with Gasteiger partial charge in [0.05, 0.1) is 16.6 Å². The summed E-state index contributed by atoms with van der Waals surface area (Å²) in [7, 11) is 1.92. The Morgan fingerprint density at radius 1 is 1.48 bits per heavy atom. The highest BCUT2D eigenvalue weighted by atomic mass is 35.5. The number of aromatic nitrogens is 4. The lowest BCUT2D eigenvalue weighted by atomic mass is 10.0. The Hall–Kier alpha value is -2.81. The zero-order valence-corrected chi connectivity index (χ0v) is 18.8. The minimum atomic E-state index is -0.572. The number of carbonyl (C=O) groups excluding carboxylic acids is 1. The standard InChI is InChI=1S/C22H23ClN6OS/c1-3-15(7-9-18(23)24)31-20-16-5-4-10-29(2)21(16)27-19(20)22(30)26-14-6-8-17-13(11-14)12-25-28-17/h3-7,9-10,12,18H,8,11,24H2,1-2H3,(H,25,28)(H,26,30). The predicted octanol–water partition coefficient (Wildman–Crippen LogP) is 3.74. The van der Waals surface area contributed by atoms with Crippen molar-refractivity contribution < 1.29 is 4.79 Å². The van der Waals surface area contributed by atoms with E-state index in [1.807, 2.05) is 55.1 Å². The maximum atomic E-state index is 13.3. The third kappa shape index (κ3) is 4.61. The zero-order chi connectivity index (χ0) is 22.0. The molecular weight excluding hydrogens is 432 g/mol. The van der Waals surface area contributed by atoms with E-state index in [0.717, 1.165) is 38.1 Å². The molecule has 4 N–H and O–H groups in total. The molecule has 7 nitrogen and oxygen atoms in total. The summed E-state index contributed by atoms with van der Waals surface area (Å²) in [5, 5.41) is 10.1. The van der Waals surface area contributed by atoms with Crippen LogP contribution in [0, 0.1) is 0 Å². The van der Waals surface area contributed by atoms with Crippen molar-refractivity contribution in [2.24, 2.45) is 12.8 Å². The van der Waals surface area contributed by atoms with Crippen LogP contribution in [0.3, 0.4) is 0 Å². The number of halogens is 1. The number of nitrogens with two attached hydrogens (primary N) is 1. The molecule has 3 heterocycles. The van der Waals surface area contributed by atoms with Crippen LogP contribution in [-0.2, 0) is 19.9 Å². The molecule has 0 saturated carbocycles. The average molecular weight is 455 g/mol. The number of thioether (sulfide) groups is 1. The smallest absolute Gasteiger partial charge is 0.275 e. The summed E-state index contributed by atoms with van der Waals surface area (Å²) in [6.45, 7) is 1.93. The fourth-order valence-electron chi connectivity index (χ4n) is 3.42. The minimum absolute atomic E-state index is 0.231. The second kappa shape index (κ2) is 9.13. The molecule has 0 spiro atoms. The largest absolute Gasteiger partial charge is 0.336 e. The van der Waals surface area contributed by atoms with Gasteiger partial charge in [-0.3, -0.25) is 9.89 Å². The normalized spacial score (nSPS) is 15.2. The summed E-state index contributed by atoms with van der Waals surface area (Å²) in [5.74, 6) is 0.517. The highest BCUT2D eigenvalue weighted by Crippen LogP contribution is 2.40. The Bertz CT molecular complexity index is 1170. The number of rotatable bonds is 6. The number of alkyl halides is 1. The van der Waals surface area contributed by atoms with Crippen molar-refractivity contribution in [3.63, 3.8) is 0 Å². The average Bonchev–Trinajstić information content (AvgIpc) is 3.36. The Labute approximate surface area is 189 Å². The fraction of sp³-hybridized carbons (Fsp3) is 0.227. The number of aromatic amines is 1. The topological polar surface area (TPSA) is 102 Å². The van der Waals surface area contributed by atoms with Crippen LogP contribution in [-0.4, -0.2) is 31.2 Å². The Morgan fingerprint density at radius 2 is 2.32 bits per heavy atom. The van der Waals surface area contributed by atoms with Gasteiger partial charge in [-0.05, 0) is 30.7 Å². The minimum Gasteiger partial charge on any atom is -0.336 e. The van der Waals surface area contributed by atoms with Gasteiger partial charge < -0.3 is 15.6 Å². The molecule has 9 heteroatoms. The molecule has 1 aliphatic carbocycles. The van der Waals surface area contributed by atoms with Crippen LogP contribution in [0.5, 0.6) is 0 Å². The van der Waals surface area contributed by atoms with Gasteiger partial charge in [-0.25, -0.2) is 4.98 Å². The first-order chi connectivity index (χ1) is 15.0. The molecule has 2 aliphatic heterocycles. The Balaban J connectivity index is 1.65. The summed E-state index contributed by atoms with van der Waals surface area (Å²) < 4.78 is 1.91. The van der Waals surface area contributed by atoms with E-state index < -0.39 is 5.50 Å². The van der Waals surface area contributed by atoms with Gasteiger partial charge in [0.2, 0.25) is 0 Å². The quantitative estimate of drug-likeness (QED) is 0.228. The summed E-state index contributed by atoms with van der Waals surface area (Å²) in [6.07, 6.45) is 12.6. The summed E-state index contributed by atoms with van der Waals surface area (Å²) >= 11 is 7.33. The number of aryl methyl sites for hydroxylation is 1. The lowest BCUT2D eigenvalue weighted by Gasteiger charge is -2.14. The van der Waals surface area contributed by atoms with Crippen LogP contribution in [0.1, 0.15) is 28.7 Å². The molecule has 3 aliphatic rings. The molecule has 1 aromatic heterocycles. The molecule has 0 saturated heterocycles. The summed E-state index contributed by atoms with van der Waals surface area (Å²) in [5.41, 5.74) is 9.40. The van der Waals surface area contributed by atoms with Crippen LogP contribution in [0.25, 0.3) is 11.4 Å². The SMILES string of the molecule is CC=C(C=CC(N)Cl)Sc1c2cccn(C)c-2nc1C(=O)NC1=CCc2[nH]ncc2C1.